The van der Waals surface area contributed by atoms with Gasteiger partial charge in [0.2, 0.25) is 11.8 Å². The molecule has 1 N–H and O–H groups in total. The summed E-state index contributed by atoms with van der Waals surface area (Å²) in [6, 6.07) is 16.8. The third-order valence-corrected chi connectivity index (χ3v) is 4.37. The zero-order valence-corrected chi connectivity index (χ0v) is 14.3. The van der Waals surface area contributed by atoms with E-state index >= 15 is 0 Å². The molecule has 25 heavy (non-hydrogen) atoms. The average Bonchev–Trinajstić information content (AvgIpc) is 2.63. The van der Waals surface area contributed by atoms with Crippen LogP contribution in [0, 0.1) is 0 Å². The number of carbonyl (C=O) groups excluding carboxylic acids is 2. The van der Waals surface area contributed by atoms with Crippen molar-refractivity contribution in [2.75, 3.05) is 20.3 Å². The van der Waals surface area contributed by atoms with Gasteiger partial charge in [0.1, 0.15) is 6.04 Å². The van der Waals surface area contributed by atoms with Crippen LogP contribution >= 0.6 is 0 Å². The molecule has 0 spiro atoms. The van der Waals surface area contributed by atoms with Crippen molar-refractivity contribution in [3.05, 3.63) is 71.3 Å². The molecule has 0 radical (unpaired) electrons. The van der Waals surface area contributed by atoms with E-state index in [2.05, 4.69) is 5.32 Å². The molecule has 1 atom stereocenters. The fraction of sp³-hybridized carbons (Fsp3) is 0.300. The van der Waals surface area contributed by atoms with Crippen molar-refractivity contribution >= 4 is 11.8 Å². The molecule has 0 aromatic heterocycles. The maximum Gasteiger partial charge on any atom is 0.247 e. The van der Waals surface area contributed by atoms with Crippen LogP contribution in [0.2, 0.25) is 0 Å². The van der Waals surface area contributed by atoms with Crippen LogP contribution in [0.25, 0.3) is 0 Å². The van der Waals surface area contributed by atoms with Gasteiger partial charge >= 0.3 is 0 Å². The summed E-state index contributed by atoms with van der Waals surface area (Å²) in [5, 5.41) is 2.87. The monoisotopic (exact) mass is 338 g/mol. The highest BCUT2D eigenvalue weighted by atomic mass is 16.5. The summed E-state index contributed by atoms with van der Waals surface area (Å²) >= 11 is 0. The number of amides is 2. The Morgan fingerprint density at radius 3 is 2.64 bits per heavy atom. The molecule has 130 valence electrons. The number of methoxy groups -OCH3 is 1. The normalized spacial score (nSPS) is 16.4. The number of ether oxygens (including phenoxy) is 1. The zero-order valence-electron chi connectivity index (χ0n) is 14.3. The van der Waals surface area contributed by atoms with Gasteiger partial charge in [-0.25, -0.2) is 0 Å². The Morgan fingerprint density at radius 2 is 1.88 bits per heavy atom. The maximum atomic E-state index is 12.8. The quantitative estimate of drug-likeness (QED) is 0.821. The van der Waals surface area contributed by atoms with E-state index in [1.165, 1.54) is 0 Å². The molecule has 1 heterocycles. The van der Waals surface area contributed by atoms with E-state index in [4.69, 9.17) is 4.74 Å². The van der Waals surface area contributed by atoms with Gasteiger partial charge in [0.25, 0.3) is 0 Å². The Balaban J connectivity index is 1.90. The molecule has 0 aliphatic carbocycles. The van der Waals surface area contributed by atoms with E-state index in [-0.39, 0.29) is 11.8 Å². The van der Waals surface area contributed by atoms with Gasteiger partial charge in [0.05, 0.1) is 13.0 Å². The maximum absolute atomic E-state index is 12.8. The fourth-order valence-electron chi connectivity index (χ4n) is 3.15. The molecule has 0 unspecified atom stereocenters. The van der Waals surface area contributed by atoms with Crippen LogP contribution in [0.1, 0.15) is 22.7 Å². The number of hydrogen-bond donors (Lipinski definition) is 1. The van der Waals surface area contributed by atoms with Crippen molar-refractivity contribution in [1.29, 1.82) is 0 Å². The Bertz CT molecular complexity index is 746. The van der Waals surface area contributed by atoms with Gasteiger partial charge in [-0.05, 0) is 16.7 Å². The van der Waals surface area contributed by atoms with Crippen LogP contribution < -0.4 is 5.32 Å². The molecule has 1 aliphatic rings. The van der Waals surface area contributed by atoms with Crippen molar-refractivity contribution in [1.82, 2.24) is 10.2 Å². The van der Waals surface area contributed by atoms with Gasteiger partial charge in [-0.1, -0.05) is 54.6 Å². The predicted molar refractivity (Wildman–Crippen MR) is 94.8 cm³/mol. The Morgan fingerprint density at radius 1 is 1.16 bits per heavy atom. The van der Waals surface area contributed by atoms with E-state index in [0.717, 1.165) is 16.7 Å². The summed E-state index contributed by atoms with van der Waals surface area (Å²) < 4.78 is 5.00. The standard InChI is InChI=1S/C20H22N2O3/c1-25-12-11-21-20(24)19-17-10-6-5-9-16(17)13-18(23)22(19)14-15-7-3-2-4-8-15/h2-10,19H,11-14H2,1H3,(H,21,24)/t19-/m1/s1. The Kier molecular flexibility index (Phi) is 5.46. The molecule has 0 saturated heterocycles. The molecule has 0 fully saturated rings. The van der Waals surface area contributed by atoms with Gasteiger partial charge in [-0.3, -0.25) is 9.59 Å². The fourth-order valence-corrected chi connectivity index (χ4v) is 3.15. The lowest BCUT2D eigenvalue weighted by Crippen LogP contribution is -2.47. The molecule has 0 saturated carbocycles. The first-order chi connectivity index (χ1) is 12.2. The summed E-state index contributed by atoms with van der Waals surface area (Å²) in [5.74, 6) is -0.206. The number of benzene rings is 2. The van der Waals surface area contributed by atoms with Crippen molar-refractivity contribution in [2.45, 2.75) is 19.0 Å². The Hall–Kier alpha value is -2.66. The van der Waals surface area contributed by atoms with Gasteiger partial charge in [0, 0.05) is 20.2 Å². The molecule has 1 aliphatic heterocycles. The molecule has 2 aromatic rings. The highest BCUT2D eigenvalue weighted by Crippen LogP contribution is 2.31. The van der Waals surface area contributed by atoms with Crippen molar-refractivity contribution < 1.29 is 14.3 Å². The average molecular weight is 338 g/mol. The number of fused-ring (bicyclic) bond motifs is 1. The van der Waals surface area contributed by atoms with Gasteiger partial charge in [-0.15, -0.1) is 0 Å². The SMILES string of the molecule is COCCNC(=O)[C@H]1c2ccccc2CC(=O)N1Cc1ccccc1. The molecule has 5 nitrogen and oxygen atoms in total. The van der Waals surface area contributed by atoms with Crippen LogP contribution in [0.3, 0.4) is 0 Å². The molecular weight excluding hydrogens is 316 g/mol. The van der Waals surface area contributed by atoms with Crippen LogP contribution in [0.15, 0.2) is 54.6 Å². The third kappa shape index (κ3) is 3.88. The molecular formula is C20H22N2O3. The Labute approximate surface area is 147 Å². The summed E-state index contributed by atoms with van der Waals surface area (Å²) in [6.45, 7) is 1.27. The third-order valence-electron chi connectivity index (χ3n) is 4.37. The minimum absolute atomic E-state index is 0.0329. The molecule has 3 rings (SSSR count). The summed E-state index contributed by atoms with van der Waals surface area (Å²) in [6.07, 6.45) is 0.324. The van der Waals surface area contributed by atoms with E-state index in [1.807, 2.05) is 54.6 Å². The van der Waals surface area contributed by atoms with Gasteiger partial charge in [0.15, 0.2) is 0 Å². The minimum Gasteiger partial charge on any atom is -0.383 e. The predicted octanol–water partition coefficient (Wildman–Crippen LogP) is 2.08. The van der Waals surface area contributed by atoms with E-state index in [9.17, 15) is 9.59 Å². The lowest BCUT2D eigenvalue weighted by molar-refractivity contribution is -0.142. The number of rotatable bonds is 6. The summed E-state index contributed by atoms with van der Waals surface area (Å²) in [4.78, 5) is 27.2. The van der Waals surface area contributed by atoms with Crippen molar-refractivity contribution in [3.63, 3.8) is 0 Å². The molecule has 2 amide bonds. The first-order valence-corrected chi connectivity index (χ1v) is 8.38. The number of hydrogen-bond acceptors (Lipinski definition) is 3. The van der Waals surface area contributed by atoms with Crippen molar-refractivity contribution in [3.8, 4) is 0 Å². The second-order valence-electron chi connectivity index (χ2n) is 6.07. The van der Waals surface area contributed by atoms with E-state index in [0.29, 0.717) is 26.1 Å². The smallest absolute Gasteiger partial charge is 0.247 e. The highest BCUT2D eigenvalue weighted by molar-refractivity contribution is 5.92. The lowest BCUT2D eigenvalue weighted by atomic mass is 9.91. The van der Waals surface area contributed by atoms with Crippen LogP contribution in [0.4, 0.5) is 0 Å². The summed E-state index contributed by atoms with van der Waals surface area (Å²) in [5.41, 5.74) is 2.82. The van der Waals surface area contributed by atoms with Gasteiger partial charge < -0.3 is 15.0 Å². The first-order valence-electron chi connectivity index (χ1n) is 8.38. The topological polar surface area (TPSA) is 58.6 Å². The van der Waals surface area contributed by atoms with Crippen LogP contribution in [-0.2, 0) is 27.3 Å². The molecule has 0 bridgehead atoms. The van der Waals surface area contributed by atoms with Gasteiger partial charge in [-0.2, -0.15) is 0 Å². The molecule has 2 aromatic carbocycles. The van der Waals surface area contributed by atoms with Crippen molar-refractivity contribution in [2.24, 2.45) is 0 Å². The summed E-state index contributed by atoms with van der Waals surface area (Å²) in [7, 11) is 1.59. The number of nitrogens with one attached hydrogen (secondary N) is 1. The highest BCUT2D eigenvalue weighted by Gasteiger charge is 2.36. The van der Waals surface area contributed by atoms with E-state index < -0.39 is 6.04 Å². The largest absolute Gasteiger partial charge is 0.383 e. The van der Waals surface area contributed by atoms with Crippen LogP contribution in [0.5, 0.6) is 0 Å². The lowest BCUT2D eigenvalue weighted by Gasteiger charge is -2.36. The van der Waals surface area contributed by atoms with E-state index in [1.54, 1.807) is 12.0 Å². The zero-order chi connectivity index (χ0) is 17.6. The van der Waals surface area contributed by atoms with Crippen LogP contribution in [-0.4, -0.2) is 37.0 Å². The first kappa shape index (κ1) is 17.2. The second kappa shape index (κ2) is 7.94. The number of nitrogens with zero attached hydrogens (tertiary/aromatic N) is 1. The second-order valence-corrected chi connectivity index (χ2v) is 6.07. The number of carbonyl (C=O) groups is 2. The minimum atomic E-state index is -0.616. The molecule has 5 heteroatoms.